The van der Waals surface area contributed by atoms with Gasteiger partial charge < -0.3 is 5.73 Å². The lowest BCUT2D eigenvalue weighted by molar-refractivity contribution is -0.136. The number of benzene rings is 1. The Morgan fingerprint density at radius 2 is 1.86 bits per heavy atom. The molecule has 2 atom stereocenters. The zero-order valence-corrected chi connectivity index (χ0v) is 16.7. The Kier molecular flexibility index (Phi) is 4.78. The molecule has 8 nitrogen and oxygen atoms in total. The SMILES string of the molecule is CC1(C)CCN(Cc2ccc3c(c2)C(=O)N(C2CCC(=O)NC2=O)C3=O)C1CN. The van der Waals surface area contributed by atoms with Crippen LogP contribution in [0.15, 0.2) is 18.2 Å². The third kappa shape index (κ3) is 3.26. The van der Waals surface area contributed by atoms with Gasteiger partial charge in [-0.15, -0.1) is 0 Å². The zero-order chi connectivity index (χ0) is 20.9. The fourth-order valence-electron chi connectivity index (χ4n) is 4.76. The summed E-state index contributed by atoms with van der Waals surface area (Å²) < 4.78 is 0. The molecule has 0 bridgehead atoms. The van der Waals surface area contributed by atoms with Gasteiger partial charge in [-0.1, -0.05) is 19.9 Å². The second-order valence-electron chi connectivity index (χ2n) is 8.79. The topological polar surface area (TPSA) is 113 Å². The molecule has 29 heavy (non-hydrogen) atoms. The first kappa shape index (κ1) is 19.7. The van der Waals surface area contributed by atoms with Crippen molar-refractivity contribution < 1.29 is 19.2 Å². The van der Waals surface area contributed by atoms with E-state index in [1.807, 2.05) is 6.07 Å². The first-order valence-corrected chi connectivity index (χ1v) is 10.0. The molecule has 154 valence electrons. The van der Waals surface area contributed by atoms with E-state index in [4.69, 9.17) is 5.73 Å². The molecule has 4 rings (SSSR count). The molecule has 3 N–H and O–H groups in total. The zero-order valence-electron chi connectivity index (χ0n) is 16.7. The Morgan fingerprint density at radius 1 is 1.14 bits per heavy atom. The second-order valence-corrected chi connectivity index (χ2v) is 8.79. The predicted octanol–water partition coefficient (Wildman–Crippen LogP) is 0.647. The lowest BCUT2D eigenvalue weighted by Crippen LogP contribution is -2.54. The lowest BCUT2D eigenvalue weighted by Gasteiger charge is -2.31. The molecule has 0 spiro atoms. The molecule has 3 aliphatic rings. The van der Waals surface area contributed by atoms with Crippen molar-refractivity contribution in [3.05, 3.63) is 34.9 Å². The number of rotatable bonds is 4. The quantitative estimate of drug-likeness (QED) is 0.720. The van der Waals surface area contributed by atoms with Crippen LogP contribution in [-0.2, 0) is 16.1 Å². The number of fused-ring (bicyclic) bond motifs is 1. The van der Waals surface area contributed by atoms with E-state index in [-0.39, 0.29) is 30.2 Å². The summed E-state index contributed by atoms with van der Waals surface area (Å²) in [7, 11) is 0. The van der Waals surface area contributed by atoms with Crippen molar-refractivity contribution in [2.75, 3.05) is 13.1 Å². The van der Waals surface area contributed by atoms with Crippen LogP contribution in [0.5, 0.6) is 0 Å². The molecule has 1 aromatic carbocycles. The van der Waals surface area contributed by atoms with Crippen LogP contribution in [0, 0.1) is 5.41 Å². The average molecular weight is 398 g/mol. The molecular formula is C21H26N4O4. The summed E-state index contributed by atoms with van der Waals surface area (Å²) in [5.74, 6) is -1.93. The summed E-state index contributed by atoms with van der Waals surface area (Å²) in [6.45, 7) is 6.58. The van der Waals surface area contributed by atoms with Crippen molar-refractivity contribution in [2.24, 2.45) is 11.1 Å². The van der Waals surface area contributed by atoms with Gasteiger partial charge in [-0.2, -0.15) is 0 Å². The van der Waals surface area contributed by atoms with Crippen LogP contribution in [0.25, 0.3) is 0 Å². The molecule has 3 aliphatic heterocycles. The Balaban J connectivity index is 1.56. The van der Waals surface area contributed by atoms with Gasteiger partial charge in [0.15, 0.2) is 0 Å². The van der Waals surface area contributed by atoms with Gasteiger partial charge in [-0.25, -0.2) is 0 Å². The van der Waals surface area contributed by atoms with Crippen molar-refractivity contribution in [1.82, 2.24) is 15.1 Å². The molecule has 2 unspecified atom stereocenters. The van der Waals surface area contributed by atoms with E-state index in [0.29, 0.717) is 24.2 Å². The Morgan fingerprint density at radius 3 is 2.55 bits per heavy atom. The second kappa shape index (κ2) is 7.03. The van der Waals surface area contributed by atoms with Gasteiger partial charge in [0, 0.05) is 25.6 Å². The summed E-state index contributed by atoms with van der Waals surface area (Å²) in [6, 6.07) is 4.59. The number of carbonyl (C=O) groups excluding carboxylic acids is 4. The number of likely N-dealkylation sites (tertiary alicyclic amines) is 1. The molecule has 0 saturated carbocycles. The minimum Gasteiger partial charge on any atom is -0.329 e. The van der Waals surface area contributed by atoms with Crippen molar-refractivity contribution in [3.8, 4) is 0 Å². The Labute approximate surface area is 169 Å². The number of nitrogens with one attached hydrogen (secondary N) is 1. The highest BCUT2D eigenvalue weighted by Crippen LogP contribution is 2.37. The maximum absolute atomic E-state index is 13.0. The van der Waals surface area contributed by atoms with Crippen LogP contribution in [0.3, 0.4) is 0 Å². The molecule has 3 heterocycles. The number of nitrogens with two attached hydrogens (primary N) is 1. The van der Waals surface area contributed by atoms with Crippen molar-refractivity contribution in [1.29, 1.82) is 0 Å². The lowest BCUT2D eigenvalue weighted by atomic mass is 9.85. The fourth-order valence-corrected chi connectivity index (χ4v) is 4.76. The minimum atomic E-state index is -0.940. The van der Waals surface area contributed by atoms with Gasteiger partial charge in [-0.05, 0) is 42.5 Å². The molecule has 0 aromatic heterocycles. The highest BCUT2D eigenvalue weighted by atomic mass is 16.2. The maximum Gasteiger partial charge on any atom is 0.262 e. The van der Waals surface area contributed by atoms with Crippen LogP contribution < -0.4 is 11.1 Å². The summed E-state index contributed by atoms with van der Waals surface area (Å²) >= 11 is 0. The standard InChI is InChI=1S/C21H26N4O4/c1-21(2)7-8-24(16(21)10-22)11-12-3-4-13-14(9-12)20(29)25(19(13)28)15-5-6-17(26)23-18(15)27/h3-4,9,15-16H,5-8,10-11,22H2,1-2H3,(H,23,26,27). The Hall–Kier alpha value is -2.58. The van der Waals surface area contributed by atoms with E-state index < -0.39 is 23.8 Å². The molecule has 1 aromatic rings. The fraction of sp³-hybridized carbons (Fsp3) is 0.524. The molecule has 2 saturated heterocycles. The molecule has 4 amide bonds. The Bertz CT molecular complexity index is 910. The predicted molar refractivity (Wildman–Crippen MR) is 105 cm³/mol. The number of amides is 4. The van der Waals surface area contributed by atoms with Crippen molar-refractivity contribution in [2.45, 2.75) is 51.7 Å². The van der Waals surface area contributed by atoms with E-state index >= 15 is 0 Å². The number of hydrogen-bond acceptors (Lipinski definition) is 6. The van der Waals surface area contributed by atoms with Crippen LogP contribution in [0.4, 0.5) is 0 Å². The van der Waals surface area contributed by atoms with Crippen LogP contribution in [0.2, 0.25) is 0 Å². The smallest absolute Gasteiger partial charge is 0.262 e. The summed E-state index contributed by atoms with van der Waals surface area (Å²) in [4.78, 5) is 52.6. The highest BCUT2D eigenvalue weighted by molar-refractivity contribution is 6.23. The van der Waals surface area contributed by atoms with Crippen molar-refractivity contribution >= 4 is 23.6 Å². The minimum absolute atomic E-state index is 0.111. The monoisotopic (exact) mass is 398 g/mol. The number of nitrogens with zero attached hydrogens (tertiary/aromatic N) is 2. The van der Waals surface area contributed by atoms with Crippen molar-refractivity contribution in [3.63, 3.8) is 0 Å². The molecular weight excluding hydrogens is 372 g/mol. The van der Waals surface area contributed by atoms with Crippen LogP contribution >= 0.6 is 0 Å². The third-order valence-electron chi connectivity index (χ3n) is 6.50. The van der Waals surface area contributed by atoms with Gasteiger partial charge in [-0.3, -0.25) is 34.3 Å². The van der Waals surface area contributed by atoms with Gasteiger partial charge in [0.1, 0.15) is 6.04 Å². The van der Waals surface area contributed by atoms with Gasteiger partial charge in [0.2, 0.25) is 11.8 Å². The summed E-state index contributed by atoms with van der Waals surface area (Å²) in [5, 5.41) is 2.21. The summed E-state index contributed by atoms with van der Waals surface area (Å²) in [5.41, 5.74) is 7.70. The van der Waals surface area contributed by atoms with E-state index in [9.17, 15) is 19.2 Å². The first-order valence-electron chi connectivity index (χ1n) is 10.0. The maximum atomic E-state index is 13.0. The van der Waals surface area contributed by atoms with Gasteiger partial charge >= 0.3 is 0 Å². The molecule has 0 radical (unpaired) electrons. The van der Waals surface area contributed by atoms with Gasteiger partial charge in [0.05, 0.1) is 11.1 Å². The van der Waals surface area contributed by atoms with E-state index in [1.54, 1.807) is 12.1 Å². The normalized spacial score (nSPS) is 26.8. The van der Waals surface area contributed by atoms with E-state index in [2.05, 4.69) is 24.1 Å². The van der Waals surface area contributed by atoms with E-state index in [0.717, 1.165) is 23.4 Å². The molecule has 0 aliphatic carbocycles. The average Bonchev–Trinajstić information content (AvgIpc) is 3.08. The van der Waals surface area contributed by atoms with Crippen LogP contribution in [-0.4, -0.2) is 58.6 Å². The summed E-state index contributed by atoms with van der Waals surface area (Å²) in [6.07, 6.45) is 1.32. The largest absolute Gasteiger partial charge is 0.329 e. The highest BCUT2D eigenvalue weighted by Gasteiger charge is 2.45. The molecule has 8 heteroatoms. The number of piperidine rings is 1. The van der Waals surface area contributed by atoms with Gasteiger partial charge in [0.25, 0.3) is 11.8 Å². The molecule has 2 fully saturated rings. The van der Waals surface area contributed by atoms with E-state index in [1.165, 1.54) is 0 Å². The first-order chi connectivity index (χ1) is 13.7. The number of imide groups is 2. The van der Waals surface area contributed by atoms with Crippen LogP contribution in [0.1, 0.15) is 59.4 Å². The number of carbonyl (C=O) groups is 4. The number of hydrogen-bond donors (Lipinski definition) is 2. The third-order valence-corrected chi connectivity index (χ3v) is 6.50.